The van der Waals surface area contributed by atoms with Crippen LogP contribution in [0.2, 0.25) is 0 Å². The molecule has 4 heteroatoms. The van der Waals surface area contributed by atoms with Gasteiger partial charge >= 0.3 is 0 Å². The average Bonchev–Trinajstić information content (AvgIpc) is 2.55. The van der Waals surface area contributed by atoms with E-state index in [2.05, 4.69) is 36.4 Å². The van der Waals surface area contributed by atoms with Crippen molar-refractivity contribution in [1.29, 1.82) is 0 Å². The number of amides is 1. The van der Waals surface area contributed by atoms with Crippen molar-refractivity contribution in [2.45, 2.75) is 33.6 Å². The molecule has 122 valence electrons. The van der Waals surface area contributed by atoms with Crippen LogP contribution >= 0.6 is 0 Å². The minimum Gasteiger partial charge on any atom is -0.384 e. The van der Waals surface area contributed by atoms with E-state index in [1.54, 1.807) is 12.4 Å². The molecule has 0 atom stereocenters. The summed E-state index contributed by atoms with van der Waals surface area (Å²) in [6.07, 6.45) is 5.40. The average molecular weight is 311 g/mol. The number of hydrogen-bond acceptors (Lipinski definition) is 3. The van der Waals surface area contributed by atoms with Gasteiger partial charge in [0.05, 0.1) is 11.3 Å². The standard InChI is InChI=1S/C19H25N3O/c1-4-15-5-7-17(8-6-15)22-19(23)16-11-18(13-20-12-16)21-10-9-14(2)3/h5-8,11-14,21H,4,9-10H2,1-3H3,(H,22,23). The quantitative estimate of drug-likeness (QED) is 0.799. The molecule has 0 radical (unpaired) electrons. The predicted molar refractivity (Wildman–Crippen MR) is 96.0 cm³/mol. The minimum atomic E-state index is -0.144. The second kappa shape index (κ2) is 8.32. The van der Waals surface area contributed by atoms with Crippen LogP contribution in [0.3, 0.4) is 0 Å². The molecule has 0 saturated heterocycles. The third kappa shape index (κ3) is 5.40. The van der Waals surface area contributed by atoms with E-state index < -0.39 is 0 Å². The topological polar surface area (TPSA) is 54.0 Å². The molecular formula is C19H25N3O. The summed E-state index contributed by atoms with van der Waals surface area (Å²) in [5.41, 5.74) is 3.48. The highest BCUT2D eigenvalue weighted by Gasteiger charge is 2.07. The van der Waals surface area contributed by atoms with E-state index in [0.717, 1.165) is 30.8 Å². The van der Waals surface area contributed by atoms with Gasteiger partial charge in [-0.3, -0.25) is 9.78 Å². The summed E-state index contributed by atoms with van der Waals surface area (Å²) in [5.74, 6) is 0.502. The zero-order chi connectivity index (χ0) is 16.7. The molecule has 2 rings (SSSR count). The lowest BCUT2D eigenvalue weighted by Crippen LogP contribution is -2.13. The van der Waals surface area contributed by atoms with Gasteiger partial charge in [0.15, 0.2) is 0 Å². The second-order valence-electron chi connectivity index (χ2n) is 6.08. The molecule has 0 bridgehead atoms. The van der Waals surface area contributed by atoms with Crippen LogP contribution in [0.5, 0.6) is 0 Å². The smallest absolute Gasteiger partial charge is 0.257 e. The third-order valence-electron chi connectivity index (χ3n) is 3.67. The molecule has 1 aromatic heterocycles. The number of carbonyl (C=O) groups is 1. The Morgan fingerprint density at radius 1 is 1.13 bits per heavy atom. The van der Waals surface area contributed by atoms with Gasteiger partial charge in [0, 0.05) is 24.6 Å². The van der Waals surface area contributed by atoms with Crippen LogP contribution in [-0.4, -0.2) is 17.4 Å². The Hall–Kier alpha value is -2.36. The van der Waals surface area contributed by atoms with Crippen LogP contribution < -0.4 is 10.6 Å². The van der Waals surface area contributed by atoms with E-state index in [-0.39, 0.29) is 5.91 Å². The van der Waals surface area contributed by atoms with Gasteiger partial charge < -0.3 is 10.6 Å². The number of aryl methyl sites for hydroxylation is 1. The maximum Gasteiger partial charge on any atom is 0.257 e. The van der Waals surface area contributed by atoms with E-state index in [4.69, 9.17) is 0 Å². The van der Waals surface area contributed by atoms with Crippen LogP contribution in [0.15, 0.2) is 42.7 Å². The molecule has 0 aliphatic rings. The van der Waals surface area contributed by atoms with Crippen molar-refractivity contribution >= 4 is 17.3 Å². The normalized spacial score (nSPS) is 10.6. The molecule has 0 fully saturated rings. The highest BCUT2D eigenvalue weighted by Crippen LogP contribution is 2.14. The van der Waals surface area contributed by atoms with Crippen LogP contribution in [0, 0.1) is 5.92 Å². The minimum absolute atomic E-state index is 0.144. The summed E-state index contributed by atoms with van der Waals surface area (Å²) in [6.45, 7) is 7.36. The Bertz CT molecular complexity index is 635. The second-order valence-corrected chi connectivity index (χ2v) is 6.08. The summed E-state index contributed by atoms with van der Waals surface area (Å²) in [4.78, 5) is 16.5. The van der Waals surface area contributed by atoms with Gasteiger partial charge in [-0.2, -0.15) is 0 Å². The molecule has 0 aliphatic carbocycles. The van der Waals surface area contributed by atoms with Crippen molar-refractivity contribution in [2.75, 3.05) is 17.2 Å². The van der Waals surface area contributed by atoms with Gasteiger partial charge in [0.1, 0.15) is 0 Å². The van der Waals surface area contributed by atoms with Gasteiger partial charge in [-0.25, -0.2) is 0 Å². The van der Waals surface area contributed by atoms with Crippen molar-refractivity contribution in [1.82, 2.24) is 4.98 Å². The number of rotatable bonds is 7. The Morgan fingerprint density at radius 2 is 1.87 bits per heavy atom. The fourth-order valence-corrected chi connectivity index (χ4v) is 2.19. The molecule has 4 nitrogen and oxygen atoms in total. The van der Waals surface area contributed by atoms with Crippen LogP contribution in [0.4, 0.5) is 11.4 Å². The predicted octanol–water partition coefficient (Wildman–Crippen LogP) is 4.35. The zero-order valence-corrected chi connectivity index (χ0v) is 14.1. The number of aromatic nitrogens is 1. The zero-order valence-electron chi connectivity index (χ0n) is 14.1. The number of hydrogen-bond donors (Lipinski definition) is 2. The summed E-state index contributed by atoms with van der Waals surface area (Å²) >= 11 is 0. The first kappa shape index (κ1) is 17.0. The molecule has 1 amide bonds. The van der Waals surface area contributed by atoms with Crippen molar-refractivity contribution in [3.05, 3.63) is 53.9 Å². The first-order valence-corrected chi connectivity index (χ1v) is 8.17. The Kier molecular flexibility index (Phi) is 6.15. The number of carbonyl (C=O) groups excluding carboxylic acids is 1. The SMILES string of the molecule is CCc1ccc(NC(=O)c2cncc(NCCC(C)C)c2)cc1. The van der Waals surface area contributed by atoms with Crippen molar-refractivity contribution in [2.24, 2.45) is 5.92 Å². The fraction of sp³-hybridized carbons (Fsp3) is 0.368. The van der Waals surface area contributed by atoms with E-state index in [0.29, 0.717) is 11.5 Å². The molecule has 0 saturated carbocycles. The summed E-state index contributed by atoms with van der Waals surface area (Å²) < 4.78 is 0. The van der Waals surface area contributed by atoms with Gasteiger partial charge in [-0.1, -0.05) is 32.9 Å². The largest absolute Gasteiger partial charge is 0.384 e. The molecule has 0 unspecified atom stereocenters. The first-order valence-electron chi connectivity index (χ1n) is 8.17. The molecular weight excluding hydrogens is 286 g/mol. The monoisotopic (exact) mass is 311 g/mol. The molecule has 2 aromatic rings. The van der Waals surface area contributed by atoms with Crippen molar-refractivity contribution in [3.63, 3.8) is 0 Å². The van der Waals surface area contributed by atoms with E-state index in [9.17, 15) is 4.79 Å². The van der Waals surface area contributed by atoms with Gasteiger partial charge in [0.25, 0.3) is 5.91 Å². The Balaban J connectivity index is 1.98. The van der Waals surface area contributed by atoms with Crippen molar-refractivity contribution < 1.29 is 4.79 Å². The number of anilines is 2. The van der Waals surface area contributed by atoms with Gasteiger partial charge in [0.2, 0.25) is 0 Å². The Labute approximate surface area is 138 Å². The highest BCUT2D eigenvalue weighted by atomic mass is 16.1. The fourth-order valence-electron chi connectivity index (χ4n) is 2.19. The number of nitrogens with one attached hydrogen (secondary N) is 2. The molecule has 1 heterocycles. The van der Waals surface area contributed by atoms with Gasteiger partial charge in [-0.15, -0.1) is 0 Å². The molecule has 1 aromatic carbocycles. The lowest BCUT2D eigenvalue weighted by Gasteiger charge is -2.10. The number of nitrogens with zero attached hydrogens (tertiary/aromatic N) is 1. The number of pyridine rings is 1. The van der Waals surface area contributed by atoms with Gasteiger partial charge in [-0.05, 0) is 42.5 Å². The summed E-state index contributed by atoms with van der Waals surface area (Å²) in [7, 11) is 0. The third-order valence-corrected chi connectivity index (χ3v) is 3.67. The van der Waals surface area contributed by atoms with Crippen LogP contribution in [-0.2, 0) is 6.42 Å². The van der Waals surface area contributed by atoms with Crippen LogP contribution in [0.25, 0.3) is 0 Å². The maximum absolute atomic E-state index is 12.3. The molecule has 2 N–H and O–H groups in total. The lowest BCUT2D eigenvalue weighted by molar-refractivity contribution is 0.102. The summed E-state index contributed by atoms with van der Waals surface area (Å²) in [6, 6.07) is 9.74. The molecule has 23 heavy (non-hydrogen) atoms. The van der Waals surface area contributed by atoms with E-state index in [1.807, 2.05) is 30.3 Å². The summed E-state index contributed by atoms with van der Waals surface area (Å²) in [5, 5.41) is 6.21. The van der Waals surface area contributed by atoms with E-state index >= 15 is 0 Å². The van der Waals surface area contributed by atoms with E-state index in [1.165, 1.54) is 5.56 Å². The molecule has 0 spiro atoms. The van der Waals surface area contributed by atoms with Crippen LogP contribution in [0.1, 0.15) is 43.1 Å². The van der Waals surface area contributed by atoms with Crippen molar-refractivity contribution in [3.8, 4) is 0 Å². The lowest BCUT2D eigenvalue weighted by atomic mass is 10.1. The number of benzene rings is 1. The molecule has 0 aliphatic heterocycles. The highest BCUT2D eigenvalue weighted by molar-refractivity contribution is 6.04. The first-order chi connectivity index (χ1) is 11.1. The Morgan fingerprint density at radius 3 is 2.52 bits per heavy atom. The maximum atomic E-state index is 12.3.